The zero-order chi connectivity index (χ0) is 19.0. The molecule has 4 N–H and O–H groups in total. The minimum Gasteiger partial charge on any atom is -0.496 e. The van der Waals surface area contributed by atoms with Crippen molar-refractivity contribution in [3.8, 4) is 5.75 Å². The normalized spacial score (nSPS) is 21.3. The molecule has 1 spiro atoms. The molecule has 0 radical (unpaired) electrons. The van der Waals surface area contributed by atoms with E-state index in [1.54, 1.807) is 12.0 Å². The van der Waals surface area contributed by atoms with E-state index in [0.29, 0.717) is 24.3 Å². The molecular formula is C21H22N4O2. The van der Waals surface area contributed by atoms with E-state index in [4.69, 9.17) is 15.9 Å². The Morgan fingerprint density at radius 2 is 2.15 bits per heavy atom. The number of amides is 1. The van der Waals surface area contributed by atoms with E-state index >= 15 is 0 Å². The second-order valence-corrected chi connectivity index (χ2v) is 6.90. The predicted molar refractivity (Wildman–Crippen MR) is 107 cm³/mol. The summed E-state index contributed by atoms with van der Waals surface area (Å²) >= 11 is 0. The summed E-state index contributed by atoms with van der Waals surface area (Å²) in [5.41, 5.74) is 9.35. The van der Waals surface area contributed by atoms with Crippen molar-refractivity contribution in [3.63, 3.8) is 0 Å². The van der Waals surface area contributed by atoms with Crippen LogP contribution in [0.25, 0.3) is 5.57 Å². The van der Waals surface area contributed by atoms with Crippen molar-refractivity contribution < 1.29 is 9.53 Å². The number of para-hydroxylation sites is 1. The number of carbonyl (C=O) groups is 1. The zero-order valence-corrected chi connectivity index (χ0v) is 15.2. The maximum atomic E-state index is 13.3. The lowest BCUT2D eigenvalue weighted by Crippen LogP contribution is -2.45. The lowest BCUT2D eigenvalue weighted by Gasteiger charge is -2.24. The molecule has 2 aromatic rings. The molecule has 1 unspecified atom stereocenters. The molecule has 138 valence electrons. The Morgan fingerprint density at radius 1 is 1.33 bits per heavy atom. The summed E-state index contributed by atoms with van der Waals surface area (Å²) in [6.07, 6.45) is 4.02. The average Bonchev–Trinajstić information content (AvgIpc) is 3.23. The largest absolute Gasteiger partial charge is 0.496 e. The number of benzene rings is 2. The number of fused-ring (bicyclic) bond motifs is 1. The Hall–Kier alpha value is -3.28. The molecule has 27 heavy (non-hydrogen) atoms. The quantitative estimate of drug-likeness (QED) is 0.730. The van der Waals surface area contributed by atoms with Crippen LogP contribution in [0.3, 0.4) is 0 Å². The van der Waals surface area contributed by atoms with Crippen LogP contribution in [0.15, 0.2) is 48.7 Å². The first kappa shape index (κ1) is 17.1. The van der Waals surface area contributed by atoms with Gasteiger partial charge in [0.2, 0.25) is 0 Å². The zero-order valence-electron chi connectivity index (χ0n) is 15.2. The number of hydrogen-bond acceptors (Lipinski definition) is 5. The van der Waals surface area contributed by atoms with Crippen molar-refractivity contribution in [3.05, 3.63) is 59.8 Å². The van der Waals surface area contributed by atoms with Gasteiger partial charge in [-0.25, -0.2) is 0 Å². The van der Waals surface area contributed by atoms with E-state index in [9.17, 15) is 4.79 Å². The Labute approximate surface area is 158 Å². The molecule has 2 heterocycles. The Balaban J connectivity index is 1.64. The molecule has 0 aromatic heterocycles. The summed E-state index contributed by atoms with van der Waals surface area (Å²) in [6.45, 7) is 0.645. The van der Waals surface area contributed by atoms with Gasteiger partial charge in [-0.2, -0.15) is 0 Å². The standard InChI is InChI=1S/C21H22N4O2/c1-27-19-10-16(6-7-17(19)15(12-22)13-23)25-9-8-21(20(25)26)11-14-4-2-3-5-18(14)24-21/h2-7,10,12-13,22,24H,8-9,11,23H2,1H3/b15-13+,22-12?. The minimum absolute atomic E-state index is 0.0788. The van der Waals surface area contributed by atoms with Gasteiger partial charge in [0.15, 0.2) is 0 Å². The number of carbonyl (C=O) groups excluding carboxylic acids is 1. The number of anilines is 2. The number of nitrogens with zero attached hydrogens (tertiary/aromatic N) is 1. The molecule has 1 fully saturated rings. The Morgan fingerprint density at radius 3 is 2.85 bits per heavy atom. The summed E-state index contributed by atoms with van der Waals surface area (Å²) in [4.78, 5) is 15.1. The highest BCUT2D eigenvalue weighted by atomic mass is 16.5. The topological polar surface area (TPSA) is 91.4 Å². The highest BCUT2D eigenvalue weighted by molar-refractivity contribution is 6.10. The Kier molecular flexibility index (Phi) is 4.11. The fourth-order valence-electron chi connectivity index (χ4n) is 4.02. The Bertz CT molecular complexity index is 926. The lowest BCUT2D eigenvalue weighted by atomic mass is 9.93. The second-order valence-electron chi connectivity index (χ2n) is 6.90. The van der Waals surface area contributed by atoms with E-state index in [0.717, 1.165) is 23.4 Å². The van der Waals surface area contributed by atoms with Gasteiger partial charge in [-0.1, -0.05) is 18.2 Å². The first-order valence-electron chi connectivity index (χ1n) is 8.91. The summed E-state index contributed by atoms with van der Waals surface area (Å²) < 4.78 is 5.48. The lowest BCUT2D eigenvalue weighted by molar-refractivity contribution is -0.120. The van der Waals surface area contributed by atoms with Crippen molar-refractivity contribution in [1.29, 1.82) is 5.41 Å². The monoisotopic (exact) mass is 362 g/mol. The minimum atomic E-state index is -0.563. The van der Waals surface area contributed by atoms with Crippen LogP contribution in [0.2, 0.25) is 0 Å². The molecule has 2 aromatic carbocycles. The van der Waals surface area contributed by atoms with E-state index in [1.165, 1.54) is 18.0 Å². The van der Waals surface area contributed by atoms with Crippen molar-refractivity contribution in [2.45, 2.75) is 18.4 Å². The van der Waals surface area contributed by atoms with E-state index < -0.39 is 5.54 Å². The second kappa shape index (κ2) is 6.46. The third kappa shape index (κ3) is 2.65. The summed E-state index contributed by atoms with van der Waals surface area (Å²) in [6, 6.07) is 13.6. The number of ether oxygens (including phenoxy) is 1. The molecule has 0 saturated carbocycles. The first-order chi connectivity index (χ1) is 13.1. The molecule has 4 rings (SSSR count). The van der Waals surface area contributed by atoms with E-state index in [-0.39, 0.29) is 5.91 Å². The molecule has 2 aliphatic heterocycles. The summed E-state index contributed by atoms with van der Waals surface area (Å²) in [5, 5.41) is 11.0. The van der Waals surface area contributed by atoms with Crippen molar-refractivity contribution in [1.82, 2.24) is 0 Å². The van der Waals surface area contributed by atoms with Crippen molar-refractivity contribution in [2.24, 2.45) is 5.73 Å². The highest BCUT2D eigenvalue weighted by Crippen LogP contribution is 2.41. The van der Waals surface area contributed by atoms with Gasteiger partial charge in [0.1, 0.15) is 11.3 Å². The van der Waals surface area contributed by atoms with Gasteiger partial charge in [-0.05, 0) is 30.2 Å². The van der Waals surface area contributed by atoms with Crippen LogP contribution in [0, 0.1) is 5.41 Å². The average molecular weight is 362 g/mol. The third-order valence-electron chi connectivity index (χ3n) is 5.44. The van der Waals surface area contributed by atoms with Gasteiger partial charge < -0.3 is 26.1 Å². The smallest absolute Gasteiger partial charge is 0.253 e. The fraction of sp³-hybridized carbons (Fsp3) is 0.238. The maximum Gasteiger partial charge on any atom is 0.253 e. The number of allylic oxidation sites excluding steroid dienone is 1. The number of nitrogens with one attached hydrogen (secondary N) is 2. The molecule has 2 aliphatic rings. The molecule has 6 heteroatoms. The number of nitrogens with two attached hydrogens (primary N) is 1. The van der Waals surface area contributed by atoms with Gasteiger partial charge in [-0.15, -0.1) is 0 Å². The molecule has 1 amide bonds. The maximum absolute atomic E-state index is 13.3. The molecular weight excluding hydrogens is 340 g/mol. The number of hydrogen-bond donors (Lipinski definition) is 3. The van der Waals surface area contributed by atoms with Crippen LogP contribution in [-0.2, 0) is 11.2 Å². The molecule has 1 saturated heterocycles. The van der Waals surface area contributed by atoms with E-state index in [1.807, 2.05) is 36.4 Å². The third-order valence-corrected chi connectivity index (χ3v) is 5.44. The van der Waals surface area contributed by atoms with Gasteiger partial charge in [0.05, 0.1) is 7.11 Å². The highest BCUT2D eigenvalue weighted by Gasteiger charge is 2.50. The van der Waals surface area contributed by atoms with Gasteiger partial charge in [-0.3, -0.25) is 4.79 Å². The molecule has 6 nitrogen and oxygen atoms in total. The number of methoxy groups -OCH3 is 1. The number of rotatable bonds is 4. The van der Waals surface area contributed by atoms with E-state index in [2.05, 4.69) is 11.4 Å². The van der Waals surface area contributed by atoms with Crippen molar-refractivity contribution in [2.75, 3.05) is 23.9 Å². The van der Waals surface area contributed by atoms with Gasteiger partial charge in [0, 0.05) is 54.0 Å². The predicted octanol–water partition coefficient (Wildman–Crippen LogP) is 2.79. The van der Waals surface area contributed by atoms with Gasteiger partial charge in [0.25, 0.3) is 5.91 Å². The summed E-state index contributed by atoms with van der Waals surface area (Å²) in [7, 11) is 1.57. The van der Waals surface area contributed by atoms with Crippen LogP contribution < -0.4 is 20.7 Å². The molecule has 0 aliphatic carbocycles. The van der Waals surface area contributed by atoms with Crippen LogP contribution >= 0.6 is 0 Å². The van der Waals surface area contributed by atoms with Crippen molar-refractivity contribution >= 4 is 29.1 Å². The van der Waals surface area contributed by atoms with Crippen LogP contribution in [0.5, 0.6) is 5.75 Å². The summed E-state index contributed by atoms with van der Waals surface area (Å²) in [5.74, 6) is 0.666. The van der Waals surface area contributed by atoms with Gasteiger partial charge >= 0.3 is 0 Å². The molecule has 0 bridgehead atoms. The van der Waals surface area contributed by atoms with Crippen LogP contribution in [-0.4, -0.2) is 31.3 Å². The van der Waals surface area contributed by atoms with Crippen LogP contribution in [0.4, 0.5) is 11.4 Å². The van der Waals surface area contributed by atoms with Crippen LogP contribution in [0.1, 0.15) is 17.5 Å². The SMILES string of the molecule is COc1cc(N2CCC3(Cc4ccccc4N3)C2=O)ccc1/C(C=N)=C/N. The fourth-order valence-corrected chi connectivity index (χ4v) is 4.02. The first-order valence-corrected chi connectivity index (χ1v) is 8.91. The molecule has 1 atom stereocenters.